The Balaban J connectivity index is 2.46. The molecule has 2 aromatic carbocycles. The maximum atomic E-state index is 13.6. The Morgan fingerprint density at radius 2 is 0.875 bits per heavy atom. The zero-order chi connectivity index (χ0) is 29.1. The van der Waals surface area contributed by atoms with Gasteiger partial charge < -0.3 is 14.4 Å². The van der Waals surface area contributed by atoms with Crippen molar-refractivity contribution in [2.24, 2.45) is 0 Å². The van der Waals surface area contributed by atoms with Crippen LogP contribution in [0.4, 0.5) is 0 Å². The van der Waals surface area contributed by atoms with Crippen LogP contribution < -0.4 is 9.79 Å². The summed E-state index contributed by atoms with van der Waals surface area (Å²) in [6.07, 6.45) is 21.3. The molecule has 0 saturated carbocycles. The highest BCUT2D eigenvalue weighted by Crippen LogP contribution is 2.60. The predicted octanol–water partition coefficient (Wildman–Crippen LogP) is 10.0. The van der Waals surface area contributed by atoms with Gasteiger partial charge in [0, 0.05) is 5.16 Å². The summed E-state index contributed by atoms with van der Waals surface area (Å²) < 4.78 is 13.6. The number of aryl methyl sites for hydroxylation is 2. The van der Waals surface area contributed by atoms with Crippen LogP contribution >= 0.6 is 7.60 Å². The SMILES string of the molecule is CCCCCCCCc1ccccc1C(CCCCCCC)(c1ccccc1CCCCCCCC)P(=O)([O-])[O-]. The van der Waals surface area contributed by atoms with E-state index < -0.39 is 12.8 Å². The van der Waals surface area contributed by atoms with Gasteiger partial charge in [0.25, 0.3) is 0 Å². The lowest BCUT2D eigenvalue weighted by Gasteiger charge is -2.52. The molecule has 40 heavy (non-hydrogen) atoms. The molecule has 0 unspecified atom stereocenters. The summed E-state index contributed by atoms with van der Waals surface area (Å²) in [5.41, 5.74) is 3.55. The van der Waals surface area contributed by atoms with Crippen LogP contribution in [0, 0.1) is 0 Å². The molecule has 0 aliphatic carbocycles. The first-order chi connectivity index (χ1) is 19.4. The first-order valence-electron chi connectivity index (χ1n) is 16.6. The average Bonchev–Trinajstić information content (AvgIpc) is 2.95. The molecule has 0 radical (unpaired) electrons. The Morgan fingerprint density at radius 1 is 0.525 bits per heavy atom. The molecule has 0 atom stereocenters. The van der Waals surface area contributed by atoms with Gasteiger partial charge in [-0.25, -0.2) is 0 Å². The molecule has 2 aromatic rings. The van der Waals surface area contributed by atoms with Crippen molar-refractivity contribution in [3.63, 3.8) is 0 Å². The molecule has 0 aromatic heterocycles. The molecule has 2 rings (SSSR count). The molecule has 0 bridgehead atoms. The second-order valence-electron chi connectivity index (χ2n) is 11.9. The Labute approximate surface area is 246 Å². The normalized spacial score (nSPS) is 12.2. The monoisotopic (exact) mass is 568 g/mol. The van der Waals surface area contributed by atoms with Crippen LogP contribution in [0.25, 0.3) is 0 Å². The Morgan fingerprint density at radius 3 is 1.27 bits per heavy atom. The van der Waals surface area contributed by atoms with Crippen molar-refractivity contribution in [1.29, 1.82) is 0 Å². The van der Waals surface area contributed by atoms with E-state index in [0.29, 0.717) is 6.42 Å². The third kappa shape index (κ3) is 10.8. The lowest BCUT2D eigenvalue weighted by molar-refractivity contribution is -0.320. The van der Waals surface area contributed by atoms with E-state index in [9.17, 15) is 14.4 Å². The topological polar surface area (TPSA) is 63.2 Å². The fraction of sp³-hybridized carbons (Fsp3) is 0.667. The molecular weight excluding hydrogens is 511 g/mol. The van der Waals surface area contributed by atoms with Gasteiger partial charge in [0.05, 0.1) is 0 Å². The third-order valence-corrected chi connectivity index (χ3v) is 10.3. The van der Waals surface area contributed by atoms with E-state index in [1.165, 1.54) is 51.4 Å². The number of unbranched alkanes of at least 4 members (excludes halogenated alkanes) is 14. The van der Waals surface area contributed by atoms with Crippen molar-refractivity contribution in [3.8, 4) is 0 Å². The molecule has 0 saturated heterocycles. The number of hydrogen-bond acceptors (Lipinski definition) is 3. The second-order valence-corrected chi connectivity index (χ2v) is 13.6. The van der Waals surface area contributed by atoms with Gasteiger partial charge in [-0.15, -0.1) is 0 Å². The van der Waals surface area contributed by atoms with Gasteiger partial charge in [-0.3, -0.25) is 0 Å². The first-order valence-corrected chi connectivity index (χ1v) is 18.2. The van der Waals surface area contributed by atoms with E-state index in [1.807, 2.05) is 36.4 Å². The highest BCUT2D eigenvalue weighted by atomic mass is 31.2. The Bertz CT molecular complexity index is 920. The molecular formula is C36H57O3P-2. The molecule has 0 aliphatic rings. The molecule has 0 amide bonds. The van der Waals surface area contributed by atoms with Gasteiger partial charge >= 0.3 is 0 Å². The Kier molecular flexibility index (Phi) is 17.1. The van der Waals surface area contributed by atoms with Crippen LogP contribution in [0.2, 0.25) is 0 Å². The zero-order valence-corrected chi connectivity index (χ0v) is 26.8. The van der Waals surface area contributed by atoms with E-state index in [-0.39, 0.29) is 0 Å². The summed E-state index contributed by atoms with van der Waals surface area (Å²) in [7, 11) is -5.07. The molecule has 0 aliphatic heterocycles. The van der Waals surface area contributed by atoms with Gasteiger partial charge in [-0.1, -0.05) is 173 Å². The van der Waals surface area contributed by atoms with Crippen LogP contribution in [0.1, 0.15) is 159 Å². The molecule has 3 nitrogen and oxygen atoms in total. The summed E-state index contributed by atoms with van der Waals surface area (Å²) in [6.45, 7) is 6.64. The summed E-state index contributed by atoms with van der Waals surface area (Å²) >= 11 is 0. The van der Waals surface area contributed by atoms with Crippen LogP contribution in [0.5, 0.6) is 0 Å². The fourth-order valence-electron chi connectivity index (χ4n) is 6.31. The third-order valence-electron chi connectivity index (χ3n) is 8.63. The highest BCUT2D eigenvalue weighted by Gasteiger charge is 2.40. The summed E-state index contributed by atoms with van der Waals surface area (Å²) in [5.74, 6) is 0. The van der Waals surface area contributed by atoms with E-state index in [1.54, 1.807) is 0 Å². The second kappa shape index (κ2) is 19.7. The average molecular weight is 569 g/mol. The van der Waals surface area contributed by atoms with Crippen molar-refractivity contribution in [3.05, 3.63) is 70.8 Å². The van der Waals surface area contributed by atoms with Crippen molar-refractivity contribution in [1.82, 2.24) is 0 Å². The maximum Gasteiger partial charge on any atom is 0.0483 e. The van der Waals surface area contributed by atoms with E-state index in [4.69, 9.17) is 0 Å². The largest absolute Gasteiger partial charge is 0.810 e. The number of hydrogen-bond donors (Lipinski definition) is 0. The lowest BCUT2D eigenvalue weighted by atomic mass is 9.79. The fourth-order valence-corrected chi connectivity index (χ4v) is 7.76. The van der Waals surface area contributed by atoms with Crippen molar-refractivity contribution in [2.75, 3.05) is 0 Å². The lowest BCUT2D eigenvalue weighted by Crippen LogP contribution is -2.40. The zero-order valence-electron chi connectivity index (χ0n) is 25.9. The van der Waals surface area contributed by atoms with Crippen LogP contribution in [0.3, 0.4) is 0 Å². The molecule has 0 spiro atoms. The minimum atomic E-state index is -5.07. The molecule has 0 heterocycles. The summed E-state index contributed by atoms with van der Waals surface area (Å²) in [4.78, 5) is 27.3. The van der Waals surface area contributed by atoms with Gasteiger partial charge in [-0.05, 0) is 54.4 Å². The van der Waals surface area contributed by atoms with Crippen molar-refractivity contribution in [2.45, 2.75) is 154 Å². The predicted molar refractivity (Wildman–Crippen MR) is 169 cm³/mol. The van der Waals surface area contributed by atoms with E-state index in [2.05, 4.69) is 32.9 Å². The molecule has 4 heteroatoms. The Hall–Kier alpha value is -1.41. The first kappa shape index (κ1) is 34.8. The van der Waals surface area contributed by atoms with Crippen LogP contribution in [0.15, 0.2) is 48.5 Å². The molecule has 226 valence electrons. The number of benzene rings is 2. The smallest absolute Gasteiger partial charge is 0.0483 e. The summed E-state index contributed by atoms with van der Waals surface area (Å²) in [6, 6.07) is 15.9. The number of rotatable bonds is 23. The van der Waals surface area contributed by atoms with Crippen molar-refractivity contribution >= 4 is 7.60 Å². The van der Waals surface area contributed by atoms with Gasteiger partial charge in [0.1, 0.15) is 0 Å². The quantitative estimate of drug-likeness (QED) is 0.0989. The maximum absolute atomic E-state index is 13.6. The van der Waals surface area contributed by atoms with Crippen LogP contribution in [-0.4, -0.2) is 0 Å². The standard InChI is InChI=1S/C36H59O3P/c1-4-7-10-13-15-18-25-32-27-20-22-29-34(32)36(40(37,38)39,31-24-17-12-9-6-3)35-30-23-21-28-33(35)26-19-16-14-11-8-5-2/h20-23,27-30H,4-19,24-26,31H2,1-3H3,(H2,37,38,39)/p-2. The van der Waals surface area contributed by atoms with Gasteiger partial charge in [0.2, 0.25) is 0 Å². The molecule has 0 N–H and O–H groups in total. The minimum Gasteiger partial charge on any atom is -0.810 e. The van der Waals surface area contributed by atoms with Gasteiger partial charge in [0.15, 0.2) is 0 Å². The van der Waals surface area contributed by atoms with Gasteiger partial charge in [-0.2, -0.15) is 0 Å². The van der Waals surface area contributed by atoms with Crippen LogP contribution in [-0.2, 0) is 22.6 Å². The summed E-state index contributed by atoms with van der Waals surface area (Å²) in [5, 5.41) is -1.52. The van der Waals surface area contributed by atoms with Crippen molar-refractivity contribution < 1.29 is 14.4 Å². The van der Waals surface area contributed by atoms with E-state index in [0.717, 1.165) is 92.9 Å². The minimum absolute atomic E-state index is 0.363. The highest BCUT2D eigenvalue weighted by molar-refractivity contribution is 7.50. The van der Waals surface area contributed by atoms with E-state index >= 15 is 0 Å². The molecule has 0 fully saturated rings.